The van der Waals surface area contributed by atoms with Crippen molar-refractivity contribution in [2.45, 2.75) is 142 Å². The van der Waals surface area contributed by atoms with Crippen LogP contribution in [-0.2, 0) is 17.6 Å². The zero-order valence-electron chi connectivity index (χ0n) is 43.0. The maximum atomic E-state index is 12.4. The molecule has 0 spiro atoms. The van der Waals surface area contributed by atoms with Gasteiger partial charge in [-0.2, -0.15) is 9.97 Å². The molecule has 16 nitrogen and oxygen atoms in total. The molecule has 0 bridgehead atoms. The van der Waals surface area contributed by atoms with E-state index in [0.29, 0.717) is 88.6 Å². The highest BCUT2D eigenvalue weighted by molar-refractivity contribution is 5.72. The number of benzene rings is 4. The minimum atomic E-state index is -0.481. The maximum Gasteiger partial charge on any atom is 0.410 e. The van der Waals surface area contributed by atoms with Crippen LogP contribution in [0.15, 0.2) is 81.8 Å². The highest BCUT2D eigenvalue weighted by atomic mass is 16.6. The van der Waals surface area contributed by atoms with Crippen molar-refractivity contribution in [3.63, 3.8) is 0 Å². The molecule has 0 radical (unpaired) electrons. The number of nitrogens with one attached hydrogen (secondary N) is 3. The number of rotatable bonds is 12. The number of hydrogen-bond acceptors (Lipinski definition) is 13. The summed E-state index contributed by atoms with van der Waals surface area (Å²) < 4.78 is 28.2. The number of carbonyl (C=O) groups excluding carboxylic acids is 1. The Balaban J connectivity index is 0.000000183. The predicted molar refractivity (Wildman–Crippen MR) is 280 cm³/mol. The number of nitrogens with zero attached hydrogens (tertiary/aromatic N) is 7. The van der Waals surface area contributed by atoms with Crippen molar-refractivity contribution in [3.8, 4) is 57.2 Å². The second kappa shape index (κ2) is 22.3. The number of ether oxygens (including phenoxy) is 3. The molecular formula is C57H66N10O6. The molecule has 2 fully saturated rings. The van der Waals surface area contributed by atoms with Crippen molar-refractivity contribution in [2.75, 3.05) is 26.2 Å². The van der Waals surface area contributed by atoms with Gasteiger partial charge in [0.05, 0.1) is 25.4 Å². The van der Waals surface area contributed by atoms with E-state index in [9.17, 15) is 4.79 Å². The second-order valence-electron chi connectivity index (χ2n) is 20.8. The van der Waals surface area contributed by atoms with Crippen LogP contribution < -0.4 is 25.4 Å². The minimum absolute atomic E-state index is 0.000344. The lowest BCUT2D eigenvalue weighted by Gasteiger charge is -2.35. The third kappa shape index (κ3) is 12.1. The quantitative estimate of drug-likeness (QED) is 0.0991. The number of aromatic nitrogens is 4. The molecule has 0 saturated carbocycles. The van der Waals surface area contributed by atoms with Crippen LogP contribution in [0.5, 0.6) is 11.5 Å². The lowest BCUT2D eigenvalue weighted by Crippen LogP contribution is -2.47. The molecule has 4 aromatic carbocycles. The molecule has 3 N–H and O–H groups in total. The average molecular weight is 987 g/mol. The van der Waals surface area contributed by atoms with Crippen molar-refractivity contribution in [2.24, 2.45) is 0 Å². The lowest BCUT2D eigenvalue weighted by atomic mass is 9.99. The topological polar surface area (TPSA) is 171 Å². The normalized spacial score (nSPS) is 17.9. The molecule has 2 aliphatic carbocycles. The van der Waals surface area contributed by atoms with Crippen LogP contribution in [0.4, 0.5) is 16.2 Å². The van der Waals surface area contributed by atoms with E-state index in [1.807, 2.05) is 77.6 Å². The number of hydrogen-bond donors (Lipinski definition) is 3. The third-order valence-electron chi connectivity index (χ3n) is 13.6. The zero-order chi connectivity index (χ0) is 51.2. The van der Waals surface area contributed by atoms with Crippen molar-refractivity contribution in [3.05, 3.63) is 118 Å². The van der Waals surface area contributed by atoms with E-state index < -0.39 is 5.60 Å². The van der Waals surface area contributed by atoms with E-state index in [1.165, 1.54) is 35.1 Å². The predicted octanol–water partition coefficient (Wildman–Crippen LogP) is 11.8. The molecule has 2 aliphatic heterocycles. The molecule has 380 valence electrons. The third-order valence-corrected chi connectivity index (χ3v) is 13.6. The Labute approximate surface area is 428 Å². The van der Waals surface area contributed by atoms with Crippen LogP contribution in [0.25, 0.3) is 55.4 Å². The van der Waals surface area contributed by atoms with Crippen LogP contribution >= 0.6 is 0 Å². The second-order valence-corrected chi connectivity index (χ2v) is 20.8. The van der Waals surface area contributed by atoms with Gasteiger partial charge in [0.25, 0.3) is 11.8 Å². The van der Waals surface area contributed by atoms with Crippen LogP contribution in [-0.4, -0.2) is 87.3 Å². The van der Waals surface area contributed by atoms with Gasteiger partial charge >= 0.3 is 6.09 Å². The monoisotopic (exact) mass is 987 g/mol. The summed E-state index contributed by atoms with van der Waals surface area (Å²) in [5.74, 6) is 3.03. The van der Waals surface area contributed by atoms with Gasteiger partial charge in [-0.1, -0.05) is 46.7 Å². The molecule has 2 atom stereocenters. The fraction of sp³-hybridized carbons (Fsp3) is 0.456. The molecule has 4 heterocycles. The minimum Gasteiger partial charge on any atom is -0.502 e. The first-order valence-corrected chi connectivity index (χ1v) is 25.7. The van der Waals surface area contributed by atoms with Gasteiger partial charge in [-0.3, -0.25) is 0 Å². The standard InChI is InChI=1S/C31H37N5O4.C26H29N5O2/c1-19(2)38-27-13-10-20(18-26(27)32-6)29-34-28(35-40-29)24-9-7-8-23-22(24)11-12-25(23)33-21-14-16-36(17-15-21)30(37)39-31(3,4)5;1-16(2)32-24-10-7-17(15-23(24)27-3)26-30-25(31-33-26)21-6-4-5-20-19(21)8-9-22(20)29-18-11-13-28-14-12-18/h7-10,13,18-19,21,25,33H,11-12,14-17H2,1-5H3;4-7,10,15-16,18,22,28-29H,8-9,11-14H2,1-2H3. The fourth-order valence-corrected chi connectivity index (χ4v) is 10.3. The summed E-state index contributed by atoms with van der Waals surface area (Å²) in [5.41, 5.74) is 8.94. The number of piperidine rings is 2. The molecular weight excluding hydrogens is 921 g/mol. The summed E-state index contributed by atoms with van der Waals surface area (Å²) >= 11 is 0. The van der Waals surface area contributed by atoms with E-state index >= 15 is 0 Å². The number of carbonyl (C=O) groups is 1. The van der Waals surface area contributed by atoms with Crippen molar-refractivity contribution in [1.82, 2.24) is 41.1 Å². The van der Waals surface area contributed by atoms with E-state index in [0.717, 1.165) is 62.7 Å². The molecule has 1 amide bonds. The Morgan fingerprint density at radius 2 is 1.15 bits per heavy atom. The van der Waals surface area contributed by atoms with Crippen molar-refractivity contribution in [1.29, 1.82) is 0 Å². The van der Waals surface area contributed by atoms with Crippen molar-refractivity contribution >= 4 is 17.5 Å². The zero-order valence-corrected chi connectivity index (χ0v) is 43.0. The molecule has 73 heavy (non-hydrogen) atoms. The first kappa shape index (κ1) is 50.8. The first-order chi connectivity index (χ1) is 35.2. The van der Waals surface area contributed by atoms with Gasteiger partial charge in [0, 0.05) is 59.5 Å². The number of likely N-dealkylation sites (tertiary alicyclic amines) is 1. The summed E-state index contributed by atoms with van der Waals surface area (Å²) in [4.78, 5) is 30.8. The molecule has 2 unspecified atom stereocenters. The summed E-state index contributed by atoms with van der Waals surface area (Å²) in [7, 11) is 0. The van der Waals surface area contributed by atoms with E-state index in [2.05, 4.69) is 65.2 Å². The Morgan fingerprint density at radius 3 is 1.59 bits per heavy atom. The van der Waals surface area contributed by atoms with Gasteiger partial charge in [-0.05, 0) is 172 Å². The number of amides is 1. The van der Waals surface area contributed by atoms with Crippen molar-refractivity contribution < 1.29 is 28.1 Å². The van der Waals surface area contributed by atoms with Crippen LogP contribution in [0.2, 0.25) is 0 Å². The van der Waals surface area contributed by atoms with E-state index in [1.54, 1.807) is 24.3 Å². The Bertz CT molecular complexity index is 2980. The van der Waals surface area contributed by atoms with E-state index in [-0.39, 0.29) is 24.3 Å². The molecule has 2 saturated heterocycles. The van der Waals surface area contributed by atoms with Gasteiger partial charge in [0.1, 0.15) is 17.1 Å². The van der Waals surface area contributed by atoms with Gasteiger partial charge < -0.3 is 44.1 Å². The van der Waals surface area contributed by atoms with Gasteiger partial charge in [-0.25, -0.2) is 14.5 Å². The number of fused-ring (bicyclic) bond motifs is 2. The van der Waals surface area contributed by atoms with E-state index in [4.69, 9.17) is 41.4 Å². The smallest absolute Gasteiger partial charge is 0.410 e. The first-order valence-electron chi connectivity index (χ1n) is 25.7. The summed E-state index contributed by atoms with van der Waals surface area (Å²) in [5, 5.41) is 19.7. The van der Waals surface area contributed by atoms with Crippen LogP contribution in [0, 0.1) is 13.1 Å². The summed E-state index contributed by atoms with van der Waals surface area (Å²) in [6.07, 6.45) is 7.89. The van der Waals surface area contributed by atoms with Gasteiger partial charge in [-0.15, -0.1) is 0 Å². The lowest BCUT2D eigenvalue weighted by molar-refractivity contribution is 0.0195. The Kier molecular flexibility index (Phi) is 15.6. The summed E-state index contributed by atoms with van der Waals surface area (Å²) in [6, 6.07) is 24.9. The highest BCUT2D eigenvalue weighted by Crippen LogP contribution is 2.41. The molecule has 6 aromatic rings. The maximum absolute atomic E-state index is 12.4. The molecule has 10 rings (SSSR count). The largest absolute Gasteiger partial charge is 0.502 e. The molecule has 16 heteroatoms. The van der Waals surface area contributed by atoms with Gasteiger partial charge in [0.2, 0.25) is 23.0 Å². The highest BCUT2D eigenvalue weighted by Gasteiger charge is 2.33. The Morgan fingerprint density at radius 1 is 0.685 bits per heavy atom. The average Bonchev–Trinajstić information content (AvgIpc) is 4.22. The van der Waals surface area contributed by atoms with Crippen LogP contribution in [0.3, 0.4) is 0 Å². The molecule has 2 aromatic heterocycles. The van der Waals surface area contributed by atoms with Crippen LogP contribution in [0.1, 0.15) is 121 Å². The Hall–Kier alpha value is -7.11. The SMILES string of the molecule is [C-]#[N+]c1cc(-c2nc(-c3cccc4c3CCC4NC3CCN(C(=O)OC(C)(C)C)CC3)no2)ccc1OC(C)C.[C-]#[N+]c1cc(-c2nc(-c3cccc4c3CCC4NC3CCNCC3)no2)ccc1OC(C)C. The molecule has 4 aliphatic rings. The summed E-state index contributed by atoms with van der Waals surface area (Å²) in [6.45, 7) is 32.0. The fourth-order valence-electron chi connectivity index (χ4n) is 10.3. The van der Waals surface area contributed by atoms with Gasteiger partial charge in [0.15, 0.2) is 0 Å².